The van der Waals surface area contributed by atoms with Gasteiger partial charge in [-0.05, 0) is 12.1 Å². The van der Waals surface area contributed by atoms with E-state index in [4.69, 9.17) is 32.7 Å². The number of hydrogen-bond acceptors (Lipinski definition) is 5. The first-order chi connectivity index (χ1) is 8.08. The number of nitrogens with zero attached hydrogens (tertiary/aromatic N) is 2. The van der Waals surface area contributed by atoms with Crippen LogP contribution < -0.4 is 15.9 Å². The molecule has 7 heteroatoms. The minimum absolute atomic E-state index is 0.206. The average Bonchev–Trinajstić information content (AvgIpc) is 2.31. The number of methoxy groups -OCH3 is 1. The smallest absolute Gasteiger partial charge is 0.201 e. The van der Waals surface area contributed by atoms with Crippen molar-refractivity contribution in [3.8, 4) is 11.8 Å². The van der Waals surface area contributed by atoms with E-state index in [-0.39, 0.29) is 5.71 Å². The summed E-state index contributed by atoms with van der Waals surface area (Å²) in [6, 6.07) is 6.57. The molecular weight excluding hydrogens is 242 g/mol. The van der Waals surface area contributed by atoms with Gasteiger partial charge in [-0.2, -0.15) is 10.4 Å². The van der Waals surface area contributed by atoms with Crippen molar-refractivity contribution < 1.29 is 4.74 Å². The van der Waals surface area contributed by atoms with Crippen molar-refractivity contribution in [1.29, 1.82) is 10.7 Å². The van der Waals surface area contributed by atoms with E-state index in [1.807, 2.05) is 0 Å². The lowest BCUT2D eigenvalue weighted by molar-refractivity contribution is 0.416. The van der Waals surface area contributed by atoms with Crippen LogP contribution in [0, 0.1) is 16.7 Å². The molecule has 0 aliphatic carbocycles. The maximum atomic E-state index is 8.65. The highest BCUT2D eigenvalue weighted by Crippen LogP contribution is 2.27. The molecule has 0 spiro atoms. The predicted octanol–water partition coefficient (Wildman–Crippen LogP) is 1.58. The number of ether oxygens (including phenoxy) is 1. The predicted molar refractivity (Wildman–Crippen MR) is 66.6 cm³/mol. The molecular formula is C10H10ClN5O. The quantitative estimate of drug-likeness (QED) is 0.429. The third-order valence-corrected chi connectivity index (χ3v) is 2.05. The number of rotatable bonds is 4. The van der Waals surface area contributed by atoms with Crippen LogP contribution in [0.25, 0.3) is 0 Å². The molecule has 17 heavy (non-hydrogen) atoms. The zero-order chi connectivity index (χ0) is 12.8. The van der Waals surface area contributed by atoms with Crippen LogP contribution in [0.3, 0.4) is 0 Å². The number of anilines is 1. The van der Waals surface area contributed by atoms with Gasteiger partial charge in [0.2, 0.25) is 5.71 Å². The van der Waals surface area contributed by atoms with Gasteiger partial charge >= 0.3 is 0 Å². The summed E-state index contributed by atoms with van der Waals surface area (Å²) in [5.74, 6) is 0.0648. The van der Waals surface area contributed by atoms with Crippen molar-refractivity contribution in [2.24, 2.45) is 10.8 Å². The Morgan fingerprint density at radius 3 is 2.88 bits per heavy atom. The van der Waals surface area contributed by atoms with Crippen molar-refractivity contribution in [2.45, 2.75) is 0 Å². The summed E-state index contributed by atoms with van der Waals surface area (Å²) in [5, 5.41) is 19.9. The second kappa shape index (κ2) is 5.72. The molecule has 0 unspecified atom stereocenters. The molecule has 0 aromatic heterocycles. The van der Waals surface area contributed by atoms with Crippen LogP contribution in [0.2, 0.25) is 5.02 Å². The van der Waals surface area contributed by atoms with Gasteiger partial charge in [-0.25, -0.2) is 0 Å². The second-order valence-corrected chi connectivity index (χ2v) is 3.38. The van der Waals surface area contributed by atoms with Crippen molar-refractivity contribution in [3.63, 3.8) is 0 Å². The zero-order valence-electron chi connectivity index (χ0n) is 8.99. The first-order valence-corrected chi connectivity index (χ1v) is 4.88. The Labute approximate surface area is 103 Å². The topological polar surface area (TPSA) is 107 Å². The number of nitriles is 1. The number of hydrogen-bond donors (Lipinski definition) is 3. The fraction of sp³-hybridized carbons (Fsp3) is 0.100. The van der Waals surface area contributed by atoms with Gasteiger partial charge < -0.3 is 10.5 Å². The fourth-order valence-corrected chi connectivity index (χ4v) is 1.18. The van der Waals surface area contributed by atoms with Crippen LogP contribution in [0.1, 0.15) is 0 Å². The molecule has 1 aromatic rings. The summed E-state index contributed by atoms with van der Waals surface area (Å²) in [5.41, 5.74) is 8.04. The van der Waals surface area contributed by atoms with Gasteiger partial charge in [0.05, 0.1) is 12.8 Å². The number of benzene rings is 1. The van der Waals surface area contributed by atoms with E-state index >= 15 is 0 Å². The molecule has 0 aliphatic heterocycles. The Bertz CT molecular complexity index is 506. The van der Waals surface area contributed by atoms with Crippen LogP contribution in [-0.2, 0) is 0 Å². The normalized spacial score (nSPS) is 10.5. The molecule has 4 N–H and O–H groups in total. The van der Waals surface area contributed by atoms with Crippen LogP contribution in [0.4, 0.5) is 5.69 Å². The Morgan fingerprint density at radius 2 is 2.35 bits per heavy atom. The lowest BCUT2D eigenvalue weighted by Crippen LogP contribution is -2.21. The van der Waals surface area contributed by atoms with Crippen LogP contribution >= 0.6 is 11.6 Å². The SMILES string of the molecule is COc1cc(Cl)ccc1N/N=C(\C#N)C(=N)N. The summed E-state index contributed by atoms with van der Waals surface area (Å²) in [6.07, 6.45) is 0. The lowest BCUT2D eigenvalue weighted by atomic mass is 10.3. The highest BCUT2D eigenvalue weighted by molar-refractivity contribution is 6.45. The Kier molecular flexibility index (Phi) is 4.31. The van der Waals surface area contributed by atoms with Crippen molar-refractivity contribution >= 4 is 28.8 Å². The maximum absolute atomic E-state index is 8.65. The van der Waals surface area contributed by atoms with Crippen molar-refractivity contribution in [1.82, 2.24) is 0 Å². The second-order valence-electron chi connectivity index (χ2n) is 2.94. The van der Waals surface area contributed by atoms with Crippen molar-refractivity contribution in [2.75, 3.05) is 12.5 Å². The minimum atomic E-state index is -0.409. The van der Waals surface area contributed by atoms with Gasteiger partial charge in [-0.15, -0.1) is 0 Å². The highest BCUT2D eigenvalue weighted by Gasteiger charge is 2.05. The molecule has 0 amide bonds. The summed E-state index contributed by atoms with van der Waals surface area (Å²) < 4.78 is 5.07. The third kappa shape index (κ3) is 3.36. The van der Waals surface area contributed by atoms with E-state index in [9.17, 15) is 0 Å². The molecule has 88 valence electrons. The Balaban J connectivity index is 2.97. The number of hydrazone groups is 1. The molecule has 0 fully saturated rings. The number of amidine groups is 1. The van der Waals surface area contributed by atoms with Crippen LogP contribution in [-0.4, -0.2) is 18.7 Å². The van der Waals surface area contributed by atoms with E-state index in [1.165, 1.54) is 7.11 Å². The number of halogens is 1. The summed E-state index contributed by atoms with van der Waals surface area (Å²) in [6.45, 7) is 0. The molecule has 0 saturated carbocycles. The summed E-state index contributed by atoms with van der Waals surface area (Å²) in [4.78, 5) is 0. The molecule has 1 rings (SSSR count). The average molecular weight is 252 g/mol. The lowest BCUT2D eigenvalue weighted by Gasteiger charge is -2.07. The van der Waals surface area contributed by atoms with E-state index in [2.05, 4.69) is 10.5 Å². The molecule has 0 aliphatic rings. The highest BCUT2D eigenvalue weighted by atomic mass is 35.5. The molecule has 0 saturated heterocycles. The van der Waals surface area contributed by atoms with E-state index in [0.29, 0.717) is 16.5 Å². The fourth-order valence-electron chi connectivity index (χ4n) is 1.02. The van der Waals surface area contributed by atoms with Gasteiger partial charge in [0.15, 0.2) is 5.84 Å². The van der Waals surface area contributed by atoms with Crippen LogP contribution in [0.15, 0.2) is 23.3 Å². The van der Waals surface area contributed by atoms with E-state index in [0.717, 1.165) is 0 Å². The molecule has 0 bridgehead atoms. The standard InChI is InChI=1S/C10H10ClN5O/c1-17-9-4-6(11)2-3-7(9)15-16-8(5-12)10(13)14/h2-4,15H,1H3,(H3,13,14)/b16-8+. The maximum Gasteiger partial charge on any atom is 0.201 e. The Morgan fingerprint density at radius 1 is 1.65 bits per heavy atom. The first-order valence-electron chi connectivity index (χ1n) is 4.50. The minimum Gasteiger partial charge on any atom is -0.494 e. The Hall–Kier alpha value is -2.26. The van der Waals surface area contributed by atoms with Crippen molar-refractivity contribution in [3.05, 3.63) is 23.2 Å². The number of nitrogens with two attached hydrogens (primary N) is 1. The van der Waals surface area contributed by atoms with E-state index < -0.39 is 5.84 Å². The van der Waals surface area contributed by atoms with Crippen LogP contribution in [0.5, 0.6) is 5.75 Å². The molecule has 6 nitrogen and oxygen atoms in total. The molecule has 0 radical (unpaired) electrons. The summed E-state index contributed by atoms with van der Waals surface area (Å²) in [7, 11) is 1.48. The molecule has 1 aromatic carbocycles. The van der Waals surface area contributed by atoms with E-state index in [1.54, 1.807) is 24.3 Å². The number of nitrogens with one attached hydrogen (secondary N) is 2. The van der Waals surface area contributed by atoms with Gasteiger partial charge in [0.25, 0.3) is 0 Å². The largest absolute Gasteiger partial charge is 0.494 e. The molecule has 0 heterocycles. The first kappa shape index (κ1) is 12.8. The zero-order valence-corrected chi connectivity index (χ0v) is 9.75. The van der Waals surface area contributed by atoms with Gasteiger partial charge in [0.1, 0.15) is 11.8 Å². The van der Waals surface area contributed by atoms with Gasteiger partial charge in [-0.3, -0.25) is 10.8 Å². The van der Waals surface area contributed by atoms with Gasteiger partial charge in [-0.1, -0.05) is 11.6 Å². The third-order valence-electron chi connectivity index (χ3n) is 1.81. The monoisotopic (exact) mass is 251 g/mol. The van der Waals surface area contributed by atoms with Gasteiger partial charge in [0, 0.05) is 11.1 Å². The summed E-state index contributed by atoms with van der Waals surface area (Å²) >= 11 is 5.79. The molecule has 0 atom stereocenters.